The molecular weight excluding hydrogens is 370 g/mol. The number of Topliss-reactive ketones (excluding diaryl/α,β-unsaturated/α-hetero) is 1. The average Bonchev–Trinajstić information content (AvgIpc) is 2.60. The summed E-state index contributed by atoms with van der Waals surface area (Å²) in [7, 11) is 0. The van der Waals surface area contributed by atoms with Crippen molar-refractivity contribution in [2.45, 2.75) is 20.8 Å². The number of ketones is 1. The fourth-order valence-corrected chi connectivity index (χ4v) is 3.24. The molecule has 3 amide bonds. The highest BCUT2D eigenvalue weighted by atomic mass is 32.2. The van der Waals surface area contributed by atoms with Crippen molar-refractivity contribution in [3.63, 3.8) is 0 Å². The van der Waals surface area contributed by atoms with E-state index in [9.17, 15) is 19.2 Å². The van der Waals surface area contributed by atoms with Crippen LogP contribution in [0.3, 0.4) is 0 Å². The second-order valence-electron chi connectivity index (χ2n) is 5.64. The third kappa shape index (κ3) is 5.58. The van der Waals surface area contributed by atoms with Crippen LogP contribution in [0.4, 0.5) is 10.5 Å². The lowest BCUT2D eigenvalue weighted by molar-refractivity contribution is -0.143. The van der Waals surface area contributed by atoms with E-state index in [1.54, 1.807) is 38.1 Å². The van der Waals surface area contributed by atoms with Crippen molar-refractivity contribution in [1.82, 2.24) is 0 Å². The van der Waals surface area contributed by atoms with E-state index >= 15 is 0 Å². The first-order chi connectivity index (χ1) is 12.8. The minimum absolute atomic E-state index is 0.0518. The van der Waals surface area contributed by atoms with E-state index in [1.807, 2.05) is 0 Å². The van der Waals surface area contributed by atoms with Crippen LogP contribution in [0.2, 0.25) is 0 Å². The molecule has 1 aromatic carbocycles. The molecule has 8 nitrogen and oxygen atoms in total. The molecule has 27 heavy (non-hydrogen) atoms. The fraction of sp³-hybridized carbons (Fsp3) is 0.333. The Kier molecular flexibility index (Phi) is 7.00. The van der Waals surface area contributed by atoms with Gasteiger partial charge in [-0.3, -0.25) is 14.4 Å². The van der Waals surface area contributed by atoms with Gasteiger partial charge in [-0.05, 0) is 45.0 Å². The number of anilines is 1. The number of hydrogen-bond acceptors (Lipinski definition) is 6. The van der Waals surface area contributed by atoms with Crippen molar-refractivity contribution >= 4 is 51.9 Å². The van der Waals surface area contributed by atoms with Crippen LogP contribution in [-0.4, -0.2) is 46.8 Å². The predicted molar refractivity (Wildman–Crippen MR) is 104 cm³/mol. The lowest BCUT2D eigenvalue weighted by Crippen LogP contribution is -2.34. The van der Waals surface area contributed by atoms with Crippen LogP contribution < -0.4 is 5.32 Å². The first-order valence-electron chi connectivity index (χ1n) is 8.19. The number of ether oxygens (including phenoxy) is 1. The van der Waals surface area contributed by atoms with Crippen LogP contribution in [0.25, 0.3) is 0 Å². The van der Waals surface area contributed by atoms with Crippen LogP contribution in [-0.2, 0) is 14.3 Å². The number of nitrogens with zero attached hydrogens (tertiary/aromatic N) is 2. The first-order valence-corrected chi connectivity index (χ1v) is 9.18. The van der Waals surface area contributed by atoms with Crippen LogP contribution in [0.1, 0.15) is 31.1 Å². The number of carbonyl (C=O) groups is 4. The normalized spacial score (nSPS) is 16.3. The number of amides is 3. The molecule has 0 spiro atoms. The Morgan fingerprint density at radius 1 is 1.19 bits per heavy atom. The van der Waals surface area contributed by atoms with Crippen molar-refractivity contribution in [3.05, 3.63) is 29.8 Å². The summed E-state index contributed by atoms with van der Waals surface area (Å²) in [6.07, 6.45) is 0. The van der Waals surface area contributed by atoms with Gasteiger partial charge in [0.15, 0.2) is 5.78 Å². The monoisotopic (exact) mass is 389 g/mol. The number of esters is 1. The summed E-state index contributed by atoms with van der Waals surface area (Å²) in [6, 6.07) is 5.77. The minimum Gasteiger partial charge on any atom is -0.465 e. The highest BCUT2D eigenvalue weighted by Gasteiger charge is 2.33. The van der Waals surface area contributed by atoms with Gasteiger partial charge < -0.3 is 10.1 Å². The summed E-state index contributed by atoms with van der Waals surface area (Å²) >= 11 is 0.984. The standard InChI is InChI=1S/C18H19N3O5S/c1-4-26-17(24)15-10(2)19-18(25)21-16(15)27-9-14(23)20-13-7-5-12(6-8-13)11(3)22/h5-8,15H,4,9H2,1-3H3,(H,20,23). The summed E-state index contributed by atoms with van der Waals surface area (Å²) in [5.74, 6) is -1.89. The Bertz CT molecular complexity index is 830. The number of benzene rings is 1. The van der Waals surface area contributed by atoms with Gasteiger partial charge in [0, 0.05) is 17.0 Å². The second kappa shape index (κ2) is 9.22. The van der Waals surface area contributed by atoms with E-state index in [0.717, 1.165) is 11.8 Å². The Morgan fingerprint density at radius 2 is 1.85 bits per heavy atom. The quantitative estimate of drug-likeness (QED) is 0.591. The molecule has 0 aliphatic carbocycles. The topological polar surface area (TPSA) is 114 Å². The van der Waals surface area contributed by atoms with E-state index in [2.05, 4.69) is 15.3 Å². The average molecular weight is 389 g/mol. The molecular formula is C18H19N3O5S. The molecule has 1 N–H and O–H groups in total. The van der Waals surface area contributed by atoms with Gasteiger partial charge in [-0.1, -0.05) is 11.8 Å². The zero-order valence-corrected chi connectivity index (χ0v) is 16.0. The minimum atomic E-state index is -0.879. The van der Waals surface area contributed by atoms with Crippen LogP contribution in [0.5, 0.6) is 0 Å². The molecule has 2 rings (SSSR count). The molecule has 0 saturated carbocycles. The summed E-state index contributed by atoms with van der Waals surface area (Å²) in [4.78, 5) is 54.5. The molecule has 0 saturated heterocycles. The van der Waals surface area contributed by atoms with Gasteiger partial charge in [-0.25, -0.2) is 4.79 Å². The maximum absolute atomic E-state index is 12.2. The van der Waals surface area contributed by atoms with Gasteiger partial charge in [0.05, 0.1) is 17.4 Å². The van der Waals surface area contributed by atoms with Gasteiger partial charge in [-0.2, -0.15) is 9.98 Å². The van der Waals surface area contributed by atoms with Crippen molar-refractivity contribution in [2.24, 2.45) is 15.9 Å². The number of urea groups is 1. The highest BCUT2D eigenvalue weighted by molar-refractivity contribution is 8.14. The Balaban J connectivity index is 2.00. The number of rotatable bonds is 6. The lowest BCUT2D eigenvalue weighted by Gasteiger charge is -2.19. The van der Waals surface area contributed by atoms with E-state index in [-0.39, 0.29) is 34.8 Å². The summed E-state index contributed by atoms with van der Waals surface area (Å²) in [5, 5.41) is 2.87. The van der Waals surface area contributed by atoms with Crippen molar-refractivity contribution in [3.8, 4) is 0 Å². The maximum atomic E-state index is 12.2. The zero-order valence-electron chi connectivity index (χ0n) is 15.1. The van der Waals surface area contributed by atoms with E-state index in [0.29, 0.717) is 11.3 Å². The van der Waals surface area contributed by atoms with Gasteiger partial charge in [-0.15, -0.1) is 0 Å². The first kappa shape index (κ1) is 20.5. The molecule has 9 heteroatoms. The zero-order chi connectivity index (χ0) is 20.0. The molecule has 0 fully saturated rings. The molecule has 0 aromatic heterocycles. The van der Waals surface area contributed by atoms with Crippen LogP contribution >= 0.6 is 11.8 Å². The van der Waals surface area contributed by atoms with Crippen molar-refractivity contribution < 1.29 is 23.9 Å². The number of nitrogens with one attached hydrogen (secondary N) is 1. The third-order valence-electron chi connectivity index (χ3n) is 3.59. The maximum Gasteiger partial charge on any atom is 0.367 e. The van der Waals surface area contributed by atoms with Crippen molar-refractivity contribution in [1.29, 1.82) is 0 Å². The van der Waals surface area contributed by atoms with Crippen LogP contribution in [0, 0.1) is 5.92 Å². The number of aliphatic imine (C=N–C) groups is 2. The number of thioether (sulfide) groups is 1. The van der Waals surface area contributed by atoms with Gasteiger partial charge in [0.25, 0.3) is 0 Å². The van der Waals surface area contributed by atoms with Gasteiger partial charge in [0.1, 0.15) is 5.92 Å². The smallest absolute Gasteiger partial charge is 0.367 e. The van der Waals surface area contributed by atoms with E-state index < -0.39 is 17.9 Å². The molecule has 142 valence electrons. The van der Waals surface area contributed by atoms with E-state index in [1.165, 1.54) is 6.92 Å². The molecule has 0 radical (unpaired) electrons. The molecule has 1 atom stereocenters. The highest BCUT2D eigenvalue weighted by Crippen LogP contribution is 2.22. The van der Waals surface area contributed by atoms with Gasteiger partial charge >= 0.3 is 12.0 Å². The lowest BCUT2D eigenvalue weighted by atomic mass is 10.1. The van der Waals surface area contributed by atoms with Gasteiger partial charge in [0.2, 0.25) is 5.91 Å². The summed E-state index contributed by atoms with van der Waals surface area (Å²) in [5.41, 5.74) is 1.37. The third-order valence-corrected chi connectivity index (χ3v) is 4.62. The van der Waals surface area contributed by atoms with Crippen LogP contribution in [0.15, 0.2) is 34.3 Å². The number of carbonyl (C=O) groups excluding carboxylic acids is 4. The fourth-order valence-electron chi connectivity index (χ4n) is 2.32. The molecule has 1 aliphatic heterocycles. The summed E-state index contributed by atoms with van der Waals surface area (Å²) in [6.45, 7) is 4.87. The molecule has 1 aliphatic rings. The number of hydrogen-bond donors (Lipinski definition) is 1. The Morgan fingerprint density at radius 3 is 2.44 bits per heavy atom. The Hall–Kier alpha value is -2.81. The molecule has 1 unspecified atom stereocenters. The SMILES string of the molecule is CCOC(=O)C1C(C)=NC(=O)N=C1SCC(=O)Nc1ccc(C(C)=O)cc1. The molecule has 1 aromatic rings. The summed E-state index contributed by atoms with van der Waals surface area (Å²) < 4.78 is 5.00. The predicted octanol–water partition coefficient (Wildman–Crippen LogP) is 2.73. The largest absolute Gasteiger partial charge is 0.465 e. The second-order valence-corrected chi connectivity index (χ2v) is 6.64. The molecule has 0 bridgehead atoms. The van der Waals surface area contributed by atoms with E-state index in [4.69, 9.17) is 4.74 Å². The van der Waals surface area contributed by atoms with Crippen molar-refractivity contribution in [2.75, 3.05) is 17.7 Å². The Labute approximate surface area is 160 Å². The molecule has 1 heterocycles.